The van der Waals surface area contributed by atoms with E-state index < -0.39 is 8.32 Å². The minimum Gasteiger partial charge on any atom is -0.469 e. The van der Waals surface area contributed by atoms with E-state index in [9.17, 15) is 4.79 Å². The molecule has 4 heteroatoms. The van der Waals surface area contributed by atoms with Crippen molar-refractivity contribution >= 4 is 24.7 Å². The molecule has 1 atom stereocenters. The molecule has 3 nitrogen and oxygen atoms in total. The first-order chi connectivity index (χ1) is 13.3. The molecule has 2 aromatic carbocycles. The van der Waals surface area contributed by atoms with Crippen LogP contribution in [0.5, 0.6) is 0 Å². The van der Waals surface area contributed by atoms with Crippen LogP contribution < -0.4 is 10.4 Å². The Labute approximate surface area is 170 Å². The monoisotopic (exact) mass is 396 g/mol. The van der Waals surface area contributed by atoms with Crippen molar-refractivity contribution in [3.63, 3.8) is 0 Å². The lowest BCUT2D eigenvalue weighted by atomic mass is 10.0. The standard InChI is InChI=1S/C24H32O3Si/c1-6-20(19-23(25)26-5)17-18-27-28(24(2,3)4,21-13-9-7-10-14-21)22-15-11-8-12-16-22/h6-16,20H,1,17-19H2,2-5H3. The highest BCUT2D eigenvalue weighted by Gasteiger charge is 2.50. The molecule has 0 spiro atoms. The number of esters is 1. The Kier molecular flexibility index (Phi) is 7.78. The van der Waals surface area contributed by atoms with Crippen LogP contribution in [-0.2, 0) is 14.0 Å². The van der Waals surface area contributed by atoms with Crippen molar-refractivity contribution in [2.24, 2.45) is 5.92 Å². The maximum atomic E-state index is 11.6. The molecule has 0 aromatic heterocycles. The Morgan fingerprint density at radius 3 is 1.93 bits per heavy atom. The minimum absolute atomic E-state index is 0.0469. The van der Waals surface area contributed by atoms with Gasteiger partial charge in [-0.05, 0) is 27.8 Å². The molecule has 0 aliphatic heterocycles. The lowest BCUT2D eigenvalue weighted by molar-refractivity contribution is -0.141. The molecule has 0 fully saturated rings. The average Bonchev–Trinajstić information content (AvgIpc) is 2.70. The summed E-state index contributed by atoms with van der Waals surface area (Å²) in [5.74, 6) is -0.166. The molecule has 150 valence electrons. The van der Waals surface area contributed by atoms with Gasteiger partial charge in [-0.15, -0.1) is 6.58 Å². The summed E-state index contributed by atoms with van der Waals surface area (Å²) in [5, 5.41) is 2.47. The van der Waals surface area contributed by atoms with Crippen LogP contribution in [-0.4, -0.2) is 28.0 Å². The molecule has 0 aliphatic rings. The summed E-state index contributed by atoms with van der Waals surface area (Å²) in [4.78, 5) is 11.6. The van der Waals surface area contributed by atoms with E-state index in [-0.39, 0.29) is 16.9 Å². The van der Waals surface area contributed by atoms with Gasteiger partial charge in [-0.2, -0.15) is 0 Å². The number of allylic oxidation sites excluding steroid dienone is 1. The van der Waals surface area contributed by atoms with Gasteiger partial charge in [0, 0.05) is 6.61 Å². The summed E-state index contributed by atoms with van der Waals surface area (Å²) in [6, 6.07) is 21.2. The van der Waals surface area contributed by atoms with Gasteiger partial charge in [-0.3, -0.25) is 4.79 Å². The van der Waals surface area contributed by atoms with Gasteiger partial charge in [0.1, 0.15) is 0 Å². The molecule has 28 heavy (non-hydrogen) atoms. The normalized spacial score (nSPS) is 13.0. The third-order valence-electron chi connectivity index (χ3n) is 5.21. The molecular weight excluding hydrogens is 364 g/mol. The van der Waals surface area contributed by atoms with Gasteiger partial charge in [-0.1, -0.05) is 87.5 Å². The number of carbonyl (C=O) groups excluding carboxylic acids is 1. The SMILES string of the molecule is C=CC(CCO[Si](c1ccccc1)(c1ccccc1)C(C)(C)C)CC(=O)OC. The second-order valence-electron chi connectivity index (χ2n) is 8.08. The summed E-state index contributed by atoms with van der Waals surface area (Å²) in [6.45, 7) is 11.2. The van der Waals surface area contributed by atoms with E-state index in [0.717, 1.165) is 6.42 Å². The maximum Gasteiger partial charge on any atom is 0.306 e. The van der Waals surface area contributed by atoms with Crippen molar-refractivity contribution in [2.45, 2.75) is 38.7 Å². The Bertz CT molecular complexity index is 711. The first-order valence-electron chi connectivity index (χ1n) is 9.79. The lowest BCUT2D eigenvalue weighted by Gasteiger charge is -2.43. The van der Waals surface area contributed by atoms with Crippen LogP contribution in [0.3, 0.4) is 0 Å². The van der Waals surface area contributed by atoms with E-state index in [2.05, 4.69) is 75.9 Å². The van der Waals surface area contributed by atoms with E-state index in [1.165, 1.54) is 17.5 Å². The van der Waals surface area contributed by atoms with E-state index in [4.69, 9.17) is 9.16 Å². The maximum absolute atomic E-state index is 11.6. The molecule has 0 radical (unpaired) electrons. The fraction of sp³-hybridized carbons (Fsp3) is 0.375. The highest BCUT2D eigenvalue weighted by molar-refractivity contribution is 6.99. The summed E-state index contributed by atoms with van der Waals surface area (Å²) >= 11 is 0. The molecule has 2 aromatic rings. The summed E-state index contributed by atoms with van der Waals surface area (Å²) in [7, 11) is -1.11. The quantitative estimate of drug-likeness (QED) is 0.360. The molecule has 0 aliphatic carbocycles. The number of carbonyl (C=O) groups is 1. The van der Waals surface area contributed by atoms with Crippen LogP contribution >= 0.6 is 0 Å². The van der Waals surface area contributed by atoms with Crippen LogP contribution in [0.15, 0.2) is 73.3 Å². The van der Waals surface area contributed by atoms with Crippen molar-refractivity contribution in [3.8, 4) is 0 Å². The molecule has 0 N–H and O–H groups in total. The number of ether oxygens (including phenoxy) is 1. The van der Waals surface area contributed by atoms with Gasteiger partial charge in [-0.25, -0.2) is 0 Å². The van der Waals surface area contributed by atoms with Crippen LogP contribution in [0.25, 0.3) is 0 Å². The van der Waals surface area contributed by atoms with Crippen LogP contribution in [0.4, 0.5) is 0 Å². The predicted octanol–water partition coefficient (Wildman–Crippen LogP) is 4.32. The topological polar surface area (TPSA) is 35.5 Å². The van der Waals surface area contributed by atoms with Crippen molar-refractivity contribution in [2.75, 3.05) is 13.7 Å². The number of benzene rings is 2. The van der Waals surface area contributed by atoms with Crippen molar-refractivity contribution in [3.05, 3.63) is 73.3 Å². The fourth-order valence-electron chi connectivity index (χ4n) is 3.73. The van der Waals surface area contributed by atoms with Crippen molar-refractivity contribution in [1.29, 1.82) is 0 Å². The smallest absolute Gasteiger partial charge is 0.306 e. The van der Waals surface area contributed by atoms with Gasteiger partial charge in [0.15, 0.2) is 0 Å². The largest absolute Gasteiger partial charge is 0.469 e. The number of rotatable bonds is 9. The van der Waals surface area contributed by atoms with Crippen molar-refractivity contribution in [1.82, 2.24) is 0 Å². The average molecular weight is 397 g/mol. The molecule has 0 saturated carbocycles. The Morgan fingerprint density at radius 1 is 1.04 bits per heavy atom. The van der Waals surface area contributed by atoms with Gasteiger partial charge in [0.05, 0.1) is 13.5 Å². The van der Waals surface area contributed by atoms with Crippen LogP contribution in [0.2, 0.25) is 5.04 Å². The third-order valence-corrected chi connectivity index (χ3v) is 10.3. The number of hydrogen-bond acceptors (Lipinski definition) is 3. The number of hydrogen-bond donors (Lipinski definition) is 0. The van der Waals surface area contributed by atoms with Crippen LogP contribution in [0.1, 0.15) is 33.6 Å². The molecule has 1 unspecified atom stereocenters. The van der Waals surface area contributed by atoms with Gasteiger partial charge in [0.2, 0.25) is 0 Å². The Hall–Kier alpha value is -2.17. The Morgan fingerprint density at radius 2 is 1.54 bits per heavy atom. The first-order valence-corrected chi connectivity index (χ1v) is 11.7. The third kappa shape index (κ3) is 5.00. The molecule has 0 heterocycles. The summed E-state index contributed by atoms with van der Waals surface area (Å²) < 4.78 is 11.7. The molecule has 0 bridgehead atoms. The van der Waals surface area contributed by atoms with Gasteiger partial charge < -0.3 is 9.16 Å². The molecular formula is C24H32O3Si. The number of methoxy groups -OCH3 is 1. The van der Waals surface area contributed by atoms with E-state index >= 15 is 0 Å². The fourth-order valence-corrected chi connectivity index (χ4v) is 8.31. The second kappa shape index (κ2) is 9.85. The highest BCUT2D eigenvalue weighted by Crippen LogP contribution is 2.37. The van der Waals surface area contributed by atoms with Crippen molar-refractivity contribution < 1.29 is 14.0 Å². The molecule has 0 amide bonds. The zero-order chi connectivity index (χ0) is 20.6. The molecule has 0 saturated heterocycles. The zero-order valence-electron chi connectivity index (χ0n) is 17.5. The second-order valence-corrected chi connectivity index (χ2v) is 12.4. The lowest BCUT2D eigenvalue weighted by Crippen LogP contribution is -2.66. The van der Waals surface area contributed by atoms with Crippen LogP contribution in [0, 0.1) is 5.92 Å². The first kappa shape index (κ1) is 22.1. The van der Waals surface area contributed by atoms with E-state index in [0.29, 0.717) is 13.0 Å². The van der Waals surface area contributed by atoms with E-state index in [1.54, 1.807) is 0 Å². The van der Waals surface area contributed by atoms with Gasteiger partial charge >= 0.3 is 5.97 Å². The Balaban J connectivity index is 2.36. The summed E-state index contributed by atoms with van der Waals surface area (Å²) in [5.41, 5.74) is 0. The predicted molar refractivity (Wildman–Crippen MR) is 119 cm³/mol. The minimum atomic E-state index is -2.53. The zero-order valence-corrected chi connectivity index (χ0v) is 18.5. The molecule has 2 rings (SSSR count). The van der Waals surface area contributed by atoms with E-state index in [1.807, 2.05) is 18.2 Å². The highest BCUT2D eigenvalue weighted by atomic mass is 28.4. The summed E-state index contributed by atoms with van der Waals surface area (Å²) in [6.07, 6.45) is 2.90. The van der Waals surface area contributed by atoms with Gasteiger partial charge in [0.25, 0.3) is 8.32 Å².